The number of carboxylic acid groups (broad SMARTS) is 1. The second-order valence-corrected chi connectivity index (χ2v) is 17.1. The van der Waals surface area contributed by atoms with Crippen molar-refractivity contribution >= 4 is 41.4 Å². The van der Waals surface area contributed by atoms with E-state index in [2.05, 4.69) is 17.2 Å². The van der Waals surface area contributed by atoms with Crippen LogP contribution in [0.1, 0.15) is 80.1 Å². The monoisotopic (exact) mass is 821 g/mol. The Morgan fingerprint density at radius 3 is 2.18 bits per heavy atom. The normalized spacial score (nSPS) is 21.1. The standard InChI is InChI=1S/C42H71N5O9S/c1-13-27(6)36(46(9)40(51)35(26(4)5)44-39(50)30(25(2)3)24-45(8)42(54)57-12)33(55-10)23-34(48)47-21-17-20-32(47)37(56-11)28(7)38(49)43-31(41(52)53)22-29-18-15-14-16-19-29/h14-16,18,25-26,28-33,35-37,42,54H,6,13,17,19-24H2,1-5,7-12H3,(H,43,49)(H,44,50)(H,52,53)/t28-,29?,30+,31+,32+,33-,35+,36+,37-,42?/m1/s1. The lowest BCUT2D eigenvalue weighted by Gasteiger charge is -2.39. The van der Waals surface area contributed by atoms with Gasteiger partial charge < -0.3 is 40.1 Å². The summed E-state index contributed by atoms with van der Waals surface area (Å²) < 4.78 is 11.8. The molecule has 0 spiro atoms. The van der Waals surface area contributed by atoms with E-state index < -0.39 is 65.6 Å². The Hall–Kier alpha value is -3.24. The highest BCUT2D eigenvalue weighted by Gasteiger charge is 2.43. The number of hydrogen-bond acceptors (Lipinski definition) is 10. The van der Waals surface area contributed by atoms with Gasteiger partial charge in [-0.3, -0.25) is 24.1 Å². The van der Waals surface area contributed by atoms with Crippen LogP contribution in [-0.4, -0.2) is 144 Å². The topological polar surface area (TPSA) is 178 Å². The average Bonchev–Trinajstić information content (AvgIpc) is 3.67. The van der Waals surface area contributed by atoms with E-state index in [0.717, 1.165) is 0 Å². The Labute approximate surface area is 345 Å². The molecule has 0 aromatic heterocycles. The number of carbonyl (C=O) groups excluding carboxylic acids is 4. The van der Waals surface area contributed by atoms with Crippen molar-refractivity contribution in [3.8, 4) is 0 Å². The van der Waals surface area contributed by atoms with Crippen LogP contribution in [-0.2, 0) is 33.4 Å². The highest BCUT2D eigenvalue weighted by atomic mass is 32.2. The van der Waals surface area contributed by atoms with E-state index in [0.29, 0.717) is 44.3 Å². The van der Waals surface area contributed by atoms with Gasteiger partial charge in [0.25, 0.3) is 0 Å². The van der Waals surface area contributed by atoms with Crippen LogP contribution in [0.5, 0.6) is 0 Å². The number of carboxylic acids is 1. The number of aliphatic hydroxyl groups is 1. The number of aliphatic hydroxyl groups excluding tert-OH is 1. The van der Waals surface area contributed by atoms with Gasteiger partial charge in [0.2, 0.25) is 23.6 Å². The first-order chi connectivity index (χ1) is 26.8. The van der Waals surface area contributed by atoms with Crippen LogP contribution < -0.4 is 10.6 Å². The second-order valence-electron chi connectivity index (χ2n) is 16.2. The average molecular weight is 822 g/mol. The van der Waals surface area contributed by atoms with Crippen LogP contribution in [0, 0.1) is 29.6 Å². The summed E-state index contributed by atoms with van der Waals surface area (Å²) in [5.41, 5.74) is -0.0948. The third kappa shape index (κ3) is 13.9. The van der Waals surface area contributed by atoms with E-state index in [-0.39, 0.29) is 48.3 Å². The molecule has 4 N–H and O–H groups in total. The molecule has 1 heterocycles. The van der Waals surface area contributed by atoms with Crippen molar-refractivity contribution in [1.82, 2.24) is 25.3 Å². The molecule has 1 aliphatic heterocycles. The van der Waals surface area contributed by atoms with Gasteiger partial charge in [0.05, 0.1) is 42.5 Å². The van der Waals surface area contributed by atoms with Gasteiger partial charge in [-0.1, -0.05) is 78.0 Å². The van der Waals surface area contributed by atoms with E-state index in [1.54, 1.807) is 37.1 Å². The number of likely N-dealkylation sites (tertiary alicyclic amines) is 1. The van der Waals surface area contributed by atoms with Gasteiger partial charge in [-0.25, -0.2) is 4.79 Å². The van der Waals surface area contributed by atoms with Gasteiger partial charge >= 0.3 is 5.97 Å². The molecular weight excluding hydrogens is 751 g/mol. The molecule has 0 aromatic carbocycles. The minimum absolute atomic E-state index is 0.00595. The largest absolute Gasteiger partial charge is 0.480 e. The van der Waals surface area contributed by atoms with Crippen LogP contribution in [0.3, 0.4) is 0 Å². The van der Waals surface area contributed by atoms with Crippen LogP contribution in [0.4, 0.5) is 0 Å². The van der Waals surface area contributed by atoms with Gasteiger partial charge in [0, 0.05) is 34.4 Å². The molecule has 1 aliphatic carbocycles. The quantitative estimate of drug-likeness (QED) is 0.0821. The van der Waals surface area contributed by atoms with Gasteiger partial charge in [-0.2, -0.15) is 0 Å². The Bertz CT molecular complexity index is 1420. The molecule has 2 aliphatic rings. The number of allylic oxidation sites excluding steroid dienone is 4. The Morgan fingerprint density at radius 1 is 1.00 bits per heavy atom. The molecule has 0 saturated carbocycles. The van der Waals surface area contributed by atoms with Crippen LogP contribution in [0.25, 0.3) is 0 Å². The van der Waals surface area contributed by atoms with Crippen molar-refractivity contribution in [3.05, 3.63) is 36.5 Å². The number of hydrogen-bond donors (Lipinski definition) is 4. The summed E-state index contributed by atoms with van der Waals surface area (Å²) in [5, 5.41) is 25.9. The number of carbonyl (C=O) groups is 5. The van der Waals surface area contributed by atoms with Crippen molar-refractivity contribution in [2.45, 2.75) is 122 Å². The van der Waals surface area contributed by atoms with Crippen molar-refractivity contribution < 1.29 is 43.7 Å². The number of nitrogens with zero attached hydrogens (tertiary/aromatic N) is 3. The Balaban J connectivity index is 2.27. The molecule has 10 atom stereocenters. The fourth-order valence-corrected chi connectivity index (χ4v) is 8.28. The summed E-state index contributed by atoms with van der Waals surface area (Å²) in [6.45, 7) is 16.2. The zero-order valence-corrected chi connectivity index (χ0v) is 36.9. The van der Waals surface area contributed by atoms with Crippen molar-refractivity contribution in [2.24, 2.45) is 29.6 Å². The first-order valence-electron chi connectivity index (χ1n) is 20.2. The molecule has 2 rings (SSSR count). The molecule has 4 amide bonds. The van der Waals surface area contributed by atoms with E-state index in [1.807, 2.05) is 58.9 Å². The lowest BCUT2D eigenvalue weighted by molar-refractivity contribution is -0.146. The summed E-state index contributed by atoms with van der Waals surface area (Å²) in [7, 11) is 6.37. The van der Waals surface area contributed by atoms with Crippen molar-refractivity contribution in [1.29, 1.82) is 0 Å². The third-order valence-electron chi connectivity index (χ3n) is 11.5. The van der Waals surface area contributed by atoms with E-state index in [1.165, 1.54) is 30.9 Å². The minimum atomic E-state index is -1.11. The third-order valence-corrected chi connectivity index (χ3v) is 12.3. The maximum Gasteiger partial charge on any atom is 0.326 e. The molecule has 2 unspecified atom stereocenters. The van der Waals surface area contributed by atoms with Crippen LogP contribution >= 0.6 is 11.8 Å². The summed E-state index contributed by atoms with van der Waals surface area (Å²) in [6, 6.07) is -3.11. The van der Waals surface area contributed by atoms with Crippen LogP contribution in [0.15, 0.2) is 36.5 Å². The Kier molecular flexibility index (Phi) is 21.0. The second kappa shape index (κ2) is 24.0. The number of methoxy groups -OCH3 is 2. The molecule has 1 saturated heterocycles. The van der Waals surface area contributed by atoms with Gasteiger partial charge in [0.15, 0.2) is 5.56 Å². The summed E-state index contributed by atoms with van der Waals surface area (Å²) >= 11 is 1.26. The van der Waals surface area contributed by atoms with E-state index >= 15 is 0 Å². The molecular formula is C42H71N5O9S. The highest BCUT2D eigenvalue weighted by molar-refractivity contribution is 7.98. The predicted octanol–water partition coefficient (Wildman–Crippen LogP) is 3.90. The van der Waals surface area contributed by atoms with Gasteiger partial charge in [-0.05, 0) is 63.2 Å². The van der Waals surface area contributed by atoms with E-state index in [4.69, 9.17) is 9.47 Å². The molecule has 57 heavy (non-hydrogen) atoms. The summed E-state index contributed by atoms with van der Waals surface area (Å²) in [5.74, 6) is -4.04. The van der Waals surface area contributed by atoms with Crippen molar-refractivity contribution in [3.63, 3.8) is 0 Å². The zero-order valence-electron chi connectivity index (χ0n) is 36.1. The predicted molar refractivity (Wildman–Crippen MR) is 224 cm³/mol. The minimum Gasteiger partial charge on any atom is -0.480 e. The van der Waals surface area contributed by atoms with E-state index in [9.17, 15) is 34.2 Å². The molecule has 1 fully saturated rings. The maximum absolute atomic E-state index is 14.3. The molecule has 0 bridgehead atoms. The number of likely N-dealkylation sites (N-methyl/N-ethyl adjacent to an activating group) is 1. The lowest BCUT2D eigenvalue weighted by Crippen LogP contribution is -2.58. The fraction of sp³-hybridized carbons (Fsp3) is 0.738. The molecule has 0 radical (unpaired) electrons. The van der Waals surface area contributed by atoms with Gasteiger partial charge in [0.1, 0.15) is 12.1 Å². The number of thioether (sulfide) groups is 1. The number of aliphatic carboxylic acids is 1. The SMILES string of the molecule is C=C(CC)[C@@H]([C@@H](CC(=O)N1CCC[C@H]1[C@H](OC)[C@@H](C)C(=O)N[C@@H](CC1C=CC=CC1)C(=O)O)OC)N(C)C(=O)[C@@H](NC(=O)[C@@H](CN(C)C(O)SC)C(C)C)C(C)C. The molecule has 0 aromatic rings. The molecule has 15 heteroatoms. The first kappa shape index (κ1) is 49.9. The van der Waals surface area contributed by atoms with Gasteiger partial charge in [-0.15, -0.1) is 11.8 Å². The summed E-state index contributed by atoms with van der Waals surface area (Å²) in [6.07, 6.45) is 10.6. The smallest absolute Gasteiger partial charge is 0.326 e. The number of rotatable bonds is 24. The number of amides is 4. The molecule has 14 nitrogen and oxygen atoms in total. The number of nitrogens with one attached hydrogen (secondary N) is 2. The highest BCUT2D eigenvalue weighted by Crippen LogP contribution is 2.30. The number of ether oxygens (including phenoxy) is 2. The summed E-state index contributed by atoms with van der Waals surface area (Å²) in [4.78, 5) is 72.9. The zero-order chi connectivity index (χ0) is 43.1. The lowest BCUT2D eigenvalue weighted by atomic mass is 9.91. The molecule has 324 valence electrons. The van der Waals surface area contributed by atoms with Crippen LogP contribution in [0.2, 0.25) is 0 Å². The maximum atomic E-state index is 14.3. The first-order valence-corrected chi connectivity index (χ1v) is 21.5. The van der Waals surface area contributed by atoms with Crippen molar-refractivity contribution in [2.75, 3.05) is 47.7 Å². The fourth-order valence-electron chi connectivity index (χ4n) is 7.84. The Morgan fingerprint density at radius 2 is 1.67 bits per heavy atom.